The van der Waals surface area contributed by atoms with Gasteiger partial charge in [-0.1, -0.05) is 43.7 Å². The summed E-state index contributed by atoms with van der Waals surface area (Å²) in [5, 5.41) is 0.570. The van der Waals surface area contributed by atoms with Crippen molar-refractivity contribution in [2.75, 3.05) is 24.6 Å². The summed E-state index contributed by atoms with van der Waals surface area (Å²) < 4.78 is 35.5. The number of rotatable bonds is 9. The number of anilines is 1. The first kappa shape index (κ1) is 30.6. The molecular formula is C36H40N4O4S. The van der Waals surface area contributed by atoms with E-state index in [1.54, 1.807) is 43.6 Å². The van der Waals surface area contributed by atoms with E-state index in [-0.39, 0.29) is 16.0 Å². The average molecular weight is 625 g/mol. The molecule has 0 aliphatic carbocycles. The molecule has 6 rings (SSSR count). The third-order valence-corrected chi connectivity index (χ3v) is 10.4. The van der Waals surface area contributed by atoms with Crippen molar-refractivity contribution >= 4 is 26.7 Å². The average Bonchev–Trinajstić information content (AvgIpc) is 3.50. The highest BCUT2D eigenvalue weighted by molar-refractivity contribution is 7.90. The normalized spacial score (nSPS) is 14.4. The molecule has 45 heavy (non-hydrogen) atoms. The summed E-state index contributed by atoms with van der Waals surface area (Å²) in [4.78, 5) is 20.5. The molecule has 0 atom stereocenters. The summed E-state index contributed by atoms with van der Waals surface area (Å²) in [7, 11) is -2.32. The first-order valence-corrected chi connectivity index (χ1v) is 17.0. The number of ether oxygens (including phenoxy) is 1. The molecule has 0 unspecified atom stereocenters. The maximum atomic E-state index is 13.5. The van der Waals surface area contributed by atoms with Crippen molar-refractivity contribution < 1.29 is 13.2 Å². The maximum Gasteiger partial charge on any atom is 0.275 e. The Bertz CT molecular complexity index is 1950. The zero-order valence-corrected chi connectivity index (χ0v) is 27.1. The number of piperidine rings is 1. The number of hydrogen-bond donors (Lipinski definition) is 0. The van der Waals surface area contributed by atoms with Crippen LogP contribution in [0.25, 0.3) is 22.0 Å². The lowest BCUT2D eigenvalue weighted by molar-refractivity contribution is 0.289. The largest absolute Gasteiger partial charge is 0.494 e. The van der Waals surface area contributed by atoms with E-state index in [9.17, 15) is 13.2 Å². The first-order valence-electron chi connectivity index (χ1n) is 15.6. The number of fused-ring (bicyclic) bond motifs is 1. The number of hydrogen-bond acceptors (Lipinski definition) is 6. The van der Waals surface area contributed by atoms with Gasteiger partial charge in [0.2, 0.25) is 0 Å². The Hall–Kier alpha value is -4.37. The minimum atomic E-state index is -3.96. The molecule has 1 aliphatic rings. The minimum absolute atomic E-state index is 0.122. The van der Waals surface area contributed by atoms with Crippen LogP contribution in [0.3, 0.4) is 0 Å². The zero-order chi connectivity index (χ0) is 31.7. The number of pyridine rings is 2. The molecule has 8 nitrogen and oxygen atoms in total. The van der Waals surface area contributed by atoms with Crippen molar-refractivity contribution in [2.45, 2.75) is 50.8 Å². The summed E-state index contributed by atoms with van der Waals surface area (Å²) in [5.74, 6) is 2.98. The second kappa shape index (κ2) is 12.6. The number of aryl methyl sites for hydroxylation is 2. The molecular weight excluding hydrogens is 584 g/mol. The third kappa shape index (κ3) is 6.27. The van der Waals surface area contributed by atoms with E-state index in [1.165, 1.54) is 16.3 Å². The van der Waals surface area contributed by atoms with Gasteiger partial charge < -0.3 is 14.2 Å². The summed E-state index contributed by atoms with van der Waals surface area (Å²) in [6.07, 6.45) is 8.16. The predicted molar refractivity (Wildman–Crippen MR) is 180 cm³/mol. The second-order valence-electron chi connectivity index (χ2n) is 12.4. The zero-order valence-electron chi connectivity index (χ0n) is 26.3. The molecule has 0 N–H and O–H groups in total. The van der Waals surface area contributed by atoms with Gasteiger partial charge >= 0.3 is 0 Å². The van der Waals surface area contributed by atoms with Crippen LogP contribution in [-0.4, -0.2) is 41.6 Å². The van der Waals surface area contributed by atoms with Crippen LogP contribution in [0.15, 0.2) is 95.0 Å². The first-order chi connectivity index (χ1) is 21.6. The summed E-state index contributed by atoms with van der Waals surface area (Å²) in [6.45, 7) is 8.88. The van der Waals surface area contributed by atoms with E-state index in [0.29, 0.717) is 17.2 Å². The Balaban J connectivity index is 1.18. The van der Waals surface area contributed by atoms with Crippen molar-refractivity contribution in [1.82, 2.24) is 13.5 Å². The molecule has 1 saturated heterocycles. The van der Waals surface area contributed by atoms with Crippen LogP contribution in [0.5, 0.6) is 5.75 Å². The van der Waals surface area contributed by atoms with Crippen LogP contribution in [-0.2, 0) is 17.1 Å². The van der Waals surface area contributed by atoms with E-state index in [1.807, 2.05) is 25.3 Å². The third-order valence-electron chi connectivity index (χ3n) is 8.76. The van der Waals surface area contributed by atoms with Crippen LogP contribution in [0.4, 0.5) is 5.82 Å². The molecule has 0 radical (unpaired) electrons. The van der Waals surface area contributed by atoms with Crippen molar-refractivity contribution in [3.8, 4) is 16.9 Å². The Kier molecular flexibility index (Phi) is 8.55. The van der Waals surface area contributed by atoms with E-state index >= 15 is 0 Å². The van der Waals surface area contributed by atoms with Gasteiger partial charge in [0.1, 0.15) is 17.1 Å². The van der Waals surface area contributed by atoms with Gasteiger partial charge in [0.15, 0.2) is 0 Å². The lowest BCUT2D eigenvalue weighted by Gasteiger charge is -2.33. The molecule has 0 bridgehead atoms. The van der Waals surface area contributed by atoms with Gasteiger partial charge in [-0.05, 0) is 86.1 Å². The highest BCUT2D eigenvalue weighted by Crippen LogP contribution is 2.33. The minimum Gasteiger partial charge on any atom is -0.494 e. The second-order valence-corrected chi connectivity index (χ2v) is 14.2. The van der Waals surface area contributed by atoms with Crippen LogP contribution < -0.4 is 15.2 Å². The highest BCUT2D eigenvalue weighted by atomic mass is 32.2. The molecule has 0 amide bonds. The van der Waals surface area contributed by atoms with Gasteiger partial charge in [0, 0.05) is 55.2 Å². The van der Waals surface area contributed by atoms with Crippen LogP contribution in [0.1, 0.15) is 50.2 Å². The quantitative estimate of drug-likeness (QED) is 0.180. The van der Waals surface area contributed by atoms with Crippen LogP contribution in [0, 0.1) is 12.8 Å². The van der Waals surface area contributed by atoms with Gasteiger partial charge in [0.25, 0.3) is 15.6 Å². The molecule has 1 fully saturated rings. The summed E-state index contributed by atoms with van der Waals surface area (Å²) in [5.41, 5.74) is 3.61. The van der Waals surface area contributed by atoms with Gasteiger partial charge in [-0.2, -0.15) is 0 Å². The fraction of sp³-hybridized carbons (Fsp3) is 0.333. The van der Waals surface area contributed by atoms with Crippen LogP contribution in [0.2, 0.25) is 0 Å². The molecule has 2 aromatic carbocycles. The Morgan fingerprint density at radius 3 is 2.31 bits per heavy atom. The monoisotopic (exact) mass is 624 g/mol. The Morgan fingerprint density at radius 1 is 0.956 bits per heavy atom. The molecule has 5 aromatic rings. The molecule has 4 heterocycles. The fourth-order valence-corrected chi connectivity index (χ4v) is 7.35. The Labute approximate surface area is 265 Å². The summed E-state index contributed by atoms with van der Waals surface area (Å²) >= 11 is 0. The van der Waals surface area contributed by atoms with E-state index in [2.05, 4.69) is 43.0 Å². The van der Waals surface area contributed by atoms with E-state index < -0.39 is 10.0 Å². The number of benzene rings is 2. The van der Waals surface area contributed by atoms with Crippen molar-refractivity contribution in [2.24, 2.45) is 13.0 Å². The lowest BCUT2D eigenvalue weighted by Crippen LogP contribution is -2.33. The molecule has 1 aliphatic heterocycles. The molecule has 0 spiro atoms. The SMILES string of the molecule is Cc1ccc(S(=O)(=O)n2ccc3c(-c4ccc(N5CCC(c6ccc(OCCC(C)C)cc6)CC5)nc4)cn(C)c(=O)c32)cc1. The Morgan fingerprint density at radius 2 is 1.67 bits per heavy atom. The number of aromatic nitrogens is 3. The fourth-order valence-electron chi connectivity index (χ4n) is 6.01. The number of nitrogens with zero attached hydrogens (tertiary/aromatic N) is 4. The smallest absolute Gasteiger partial charge is 0.275 e. The standard InChI is InChI=1S/C36H40N4O4S/c1-25(2)18-22-44-30-10-7-27(8-11-30)28-15-19-39(20-16-28)34-14-9-29(23-37-34)33-24-38(4)36(41)35-32(33)17-21-40(35)45(42,43)31-12-5-26(3)6-13-31/h5-14,17,21,23-25,28H,15-16,18-20,22H2,1-4H3. The molecule has 0 saturated carbocycles. The molecule has 234 valence electrons. The van der Waals surface area contributed by atoms with E-state index in [4.69, 9.17) is 9.72 Å². The van der Waals surface area contributed by atoms with E-state index in [0.717, 1.165) is 71.2 Å². The van der Waals surface area contributed by atoms with Crippen molar-refractivity contribution in [1.29, 1.82) is 0 Å². The van der Waals surface area contributed by atoms with Crippen molar-refractivity contribution in [3.63, 3.8) is 0 Å². The van der Waals surface area contributed by atoms with Crippen LogP contribution >= 0.6 is 0 Å². The maximum absolute atomic E-state index is 13.5. The molecule has 3 aromatic heterocycles. The lowest BCUT2D eigenvalue weighted by atomic mass is 9.89. The van der Waals surface area contributed by atoms with Gasteiger partial charge in [0.05, 0.1) is 11.5 Å². The highest BCUT2D eigenvalue weighted by Gasteiger charge is 2.24. The summed E-state index contributed by atoms with van der Waals surface area (Å²) in [6, 6.07) is 20.9. The van der Waals surface area contributed by atoms with Gasteiger partial charge in [-0.3, -0.25) is 4.79 Å². The topological polar surface area (TPSA) is 86.4 Å². The van der Waals surface area contributed by atoms with Crippen molar-refractivity contribution in [3.05, 3.63) is 107 Å². The predicted octanol–water partition coefficient (Wildman–Crippen LogP) is 6.76. The van der Waals surface area contributed by atoms with Gasteiger partial charge in [-0.15, -0.1) is 0 Å². The molecule has 9 heteroatoms. The van der Waals surface area contributed by atoms with Gasteiger partial charge in [-0.25, -0.2) is 17.4 Å².